The SMILES string of the molecule is CCOc1ccc(S(=O)(=O)N2CCC[C@H](C(=O)Nc3c(C)cccc3C)C2)cc1Cl. The molecule has 0 saturated carbocycles. The van der Waals surface area contributed by atoms with Crippen molar-refractivity contribution in [1.29, 1.82) is 0 Å². The number of carbonyl (C=O) groups is 1. The number of ether oxygens (including phenoxy) is 1. The molecule has 1 aliphatic rings. The number of hydrogen-bond donors (Lipinski definition) is 1. The maximum Gasteiger partial charge on any atom is 0.243 e. The summed E-state index contributed by atoms with van der Waals surface area (Å²) in [5.41, 5.74) is 2.75. The Labute approximate surface area is 183 Å². The van der Waals surface area contributed by atoms with Crippen LogP contribution in [-0.2, 0) is 14.8 Å². The molecule has 0 spiro atoms. The number of hydrogen-bond acceptors (Lipinski definition) is 4. The monoisotopic (exact) mass is 450 g/mol. The first-order valence-corrected chi connectivity index (χ1v) is 11.9. The molecule has 3 rings (SSSR count). The van der Waals surface area contributed by atoms with Crippen LogP contribution in [0.25, 0.3) is 0 Å². The third kappa shape index (κ3) is 4.79. The molecule has 1 amide bonds. The smallest absolute Gasteiger partial charge is 0.243 e. The Morgan fingerprint density at radius 2 is 1.93 bits per heavy atom. The van der Waals surface area contributed by atoms with Crippen LogP contribution in [0.5, 0.6) is 5.75 Å². The van der Waals surface area contributed by atoms with Gasteiger partial charge in [0.15, 0.2) is 0 Å². The number of rotatable bonds is 6. The Morgan fingerprint density at radius 3 is 2.57 bits per heavy atom. The van der Waals surface area contributed by atoms with Crippen LogP contribution in [0.2, 0.25) is 5.02 Å². The van der Waals surface area contributed by atoms with Gasteiger partial charge in [0.05, 0.1) is 22.4 Å². The van der Waals surface area contributed by atoms with Gasteiger partial charge in [0.25, 0.3) is 0 Å². The highest BCUT2D eigenvalue weighted by atomic mass is 35.5. The molecule has 2 aromatic rings. The number of sulfonamides is 1. The van der Waals surface area contributed by atoms with E-state index in [0.717, 1.165) is 16.8 Å². The second-order valence-corrected chi connectivity index (χ2v) is 9.83. The number of carbonyl (C=O) groups excluding carboxylic acids is 1. The summed E-state index contributed by atoms with van der Waals surface area (Å²) in [5.74, 6) is -0.120. The van der Waals surface area contributed by atoms with Gasteiger partial charge in [0.2, 0.25) is 15.9 Å². The molecule has 0 aromatic heterocycles. The maximum absolute atomic E-state index is 13.1. The van der Waals surface area contributed by atoms with Gasteiger partial charge in [-0.2, -0.15) is 4.31 Å². The zero-order valence-corrected chi connectivity index (χ0v) is 19.0. The van der Waals surface area contributed by atoms with Crippen molar-refractivity contribution < 1.29 is 17.9 Å². The number of para-hydroxylation sites is 1. The van der Waals surface area contributed by atoms with E-state index >= 15 is 0 Å². The molecular formula is C22H27ClN2O4S. The summed E-state index contributed by atoms with van der Waals surface area (Å²) in [6, 6.07) is 10.3. The molecule has 0 bridgehead atoms. The van der Waals surface area contributed by atoms with E-state index < -0.39 is 15.9 Å². The standard InChI is InChI=1S/C22H27ClN2O4S/c1-4-29-20-11-10-18(13-19(20)23)30(27,28)25-12-6-9-17(14-25)22(26)24-21-15(2)7-5-8-16(21)3/h5,7-8,10-11,13,17H,4,6,9,12,14H2,1-3H3,(H,24,26)/t17-/m0/s1. The molecule has 162 valence electrons. The normalized spacial score (nSPS) is 17.5. The third-order valence-electron chi connectivity index (χ3n) is 5.33. The number of benzene rings is 2. The molecule has 1 fully saturated rings. The van der Waals surface area contributed by atoms with Gasteiger partial charge >= 0.3 is 0 Å². The van der Waals surface area contributed by atoms with Crippen molar-refractivity contribution in [2.75, 3.05) is 25.0 Å². The second kappa shape index (κ2) is 9.37. The van der Waals surface area contributed by atoms with Crippen LogP contribution in [0.4, 0.5) is 5.69 Å². The summed E-state index contributed by atoms with van der Waals surface area (Å²) in [5, 5.41) is 3.24. The van der Waals surface area contributed by atoms with E-state index in [1.807, 2.05) is 39.0 Å². The molecular weight excluding hydrogens is 424 g/mol. The Bertz CT molecular complexity index is 1020. The van der Waals surface area contributed by atoms with Crippen LogP contribution in [0, 0.1) is 19.8 Å². The fraction of sp³-hybridized carbons (Fsp3) is 0.409. The predicted molar refractivity (Wildman–Crippen MR) is 119 cm³/mol. The van der Waals surface area contributed by atoms with Gasteiger partial charge in [-0.15, -0.1) is 0 Å². The minimum absolute atomic E-state index is 0.103. The molecule has 1 saturated heterocycles. The Balaban J connectivity index is 1.76. The number of aryl methyl sites for hydroxylation is 2. The quantitative estimate of drug-likeness (QED) is 0.707. The molecule has 6 nitrogen and oxygen atoms in total. The number of nitrogens with one attached hydrogen (secondary N) is 1. The summed E-state index contributed by atoms with van der Waals surface area (Å²) in [6.45, 7) is 6.67. The summed E-state index contributed by atoms with van der Waals surface area (Å²) >= 11 is 6.18. The van der Waals surface area contributed by atoms with Crippen molar-refractivity contribution in [3.8, 4) is 5.75 Å². The predicted octanol–water partition coefficient (Wildman–Crippen LogP) is 4.39. The average Bonchev–Trinajstić information content (AvgIpc) is 2.72. The minimum atomic E-state index is -3.76. The topological polar surface area (TPSA) is 75.7 Å². The lowest BCUT2D eigenvalue weighted by Gasteiger charge is -2.31. The van der Waals surface area contributed by atoms with Crippen LogP contribution in [-0.4, -0.2) is 38.3 Å². The van der Waals surface area contributed by atoms with Gasteiger partial charge in [0.1, 0.15) is 5.75 Å². The summed E-state index contributed by atoms with van der Waals surface area (Å²) in [4.78, 5) is 13.0. The molecule has 1 aliphatic heterocycles. The first kappa shape index (κ1) is 22.6. The van der Waals surface area contributed by atoms with Crippen molar-refractivity contribution in [2.45, 2.75) is 38.5 Å². The molecule has 1 N–H and O–H groups in total. The second-order valence-electron chi connectivity index (χ2n) is 7.48. The summed E-state index contributed by atoms with van der Waals surface area (Å²) in [6.07, 6.45) is 1.27. The van der Waals surface area contributed by atoms with Gasteiger partial charge in [-0.05, 0) is 62.9 Å². The molecule has 1 atom stereocenters. The van der Waals surface area contributed by atoms with E-state index in [4.69, 9.17) is 16.3 Å². The van der Waals surface area contributed by atoms with Crippen molar-refractivity contribution >= 4 is 33.2 Å². The fourth-order valence-electron chi connectivity index (χ4n) is 3.68. The first-order chi connectivity index (χ1) is 14.2. The summed E-state index contributed by atoms with van der Waals surface area (Å²) < 4.78 is 33.0. The van der Waals surface area contributed by atoms with Crippen molar-refractivity contribution in [3.63, 3.8) is 0 Å². The van der Waals surface area contributed by atoms with Gasteiger partial charge in [-0.3, -0.25) is 4.79 Å². The number of anilines is 1. The largest absolute Gasteiger partial charge is 0.492 e. The highest BCUT2D eigenvalue weighted by molar-refractivity contribution is 7.89. The van der Waals surface area contributed by atoms with Crippen LogP contribution < -0.4 is 10.1 Å². The zero-order chi connectivity index (χ0) is 21.9. The molecule has 0 aliphatic carbocycles. The van der Waals surface area contributed by atoms with Crippen LogP contribution in [0.3, 0.4) is 0 Å². The number of piperidine rings is 1. The Morgan fingerprint density at radius 1 is 1.23 bits per heavy atom. The van der Waals surface area contributed by atoms with E-state index in [1.54, 1.807) is 6.07 Å². The maximum atomic E-state index is 13.1. The zero-order valence-electron chi connectivity index (χ0n) is 17.4. The van der Waals surface area contributed by atoms with E-state index in [1.165, 1.54) is 16.4 Å². The van der Waals surface area contributed by atoms with E-state index in [2.05, 4.69) is 5.32 Å². The number of amides is 1. The van der Waals surface area contributed by atoms with Gasteiger partial charge in [-0.25, -0.2) is 8.42 Å². The fourth-order valence-corrected chi connectivity index (χ4v) is 5.53. The lowest BCUT2D eigenvalue weighted by Crippen LogP contribution is -2.43. The average molecular weight is 451 g/mol. The van der Waals surface area contributed by atoms with Gasteiger partial charge < -0.3 is 10.1 Å². The van der Waals surface area contributed by atoms with Crippen LogP contribution >= 0.6 is 11.6 Å². The number of halogens is 1. The highest BCUT2D eigenvalue weighted by Crippen LogP contribution is 2.31. The Kier molecular flexibility index (Phi) is 7.06. The Hall–Kier alpha value is -2.09. The van der Waals surface area contributed by atoms with Gasteiger partial charge in [-0.1, -0.05) is 29.8 Å². The molecule has 2 aromatic carbocycles. The van der Waals surface area contributed by atoms with Crippen molar-refractivity contribution in [2.24, 2.45) is 5.92 Å². The lowest BCUT2D eigenvalue weighted by molar-refractivity contribution is -0.120. The van der Waals surface area contributed by atoms with Crippen LogP contribution in [0.1, 0.15) is 30.9 Å². The molecule has 0 unspecified atom stereocenters. The van der Waals surface area contributed by atoms with Crippen LogP contribution in [0.15, 0.2) is 41.3 Å². The molecule has 8 heteroatoms. The van der Waals surface area contributed by atoms with E-state index in [-0.39, 0.29) is 22.4 Å². The minimum Gasteiger partial charge on any atom is -0.492 e. The van der Waals surface area contributed by atoms with Crippen molar-refractivity contribution in [1.82, 2.24) is 4.31 Å². The first-order valence-electron chi connectivity index (χ1n) is 10.0. The summed E-state index contributed by atoms with van der Waals surface area (Å²) in [7, 11) is -3.76. The number of nitrogens with zero attached hydrogens (tertiary/aromatic N) is 1. The highest BCUT2D eigenvalue weighted by Gasteiger charge is 2.34. The van der Waals surface area contributed by atoms with E-state index in [9.17, 15) is 13.2 Å². The third-order valence-corrected chi connectivity index (χ3v) is 7.48. The lowest BCUT2D eigenvalue weighted by atomic mass is 9.98. The van der Waals surface area contributed by atoms with Crippen molar-refractivity contribution in [3.05, 3.63) is 52.5 Å². The molecule has 1 heterocycles. The molecule has 0 radical (unpaired) electrons. The van der Waals surface area contributed by atoms with E-state index in [0.29, 0.717) is 31.7 Å². The molecule has 30 heavy (non-hydrogen) atoms. The van der Waals surface area contributed by atoms with Gasteiger partial charge in [0, 0.05) is 18.8 Å².